The molecule has 0 aliphatic carbocycles. The second-order valence-electron chi connectivity index (χ2n) is 6.67. The van der Waals surface area contributed by atoms with Crippen LogP contribution in [-0.2, 0) is 18.8 Å². The molecule has 1 aliphatic heterocycles. The van der Waals surface area contributed by atoms with Crippen LogP contribution >= 0.6 is 0 Å². The molecule has 2 rings (SSSR count). The van der Waals surface area contributed by atoms with E-state index < -0.39 is 13.2 Å². The van der Waals surface area contributed by atoms with Gasteiger partial charge in [0.1, 0.15) is 5.75 Å². The fraction of sp³-hybridized carbons (Fsp3) is 0.588. The van der Waals surface area contributed by atoms with Crippen molar-refractivity contribution in [3.8, 4) is 5.75 Å². The number of ether oxygens (including phenoxy) is 2. The summed E-state index contributed by atoms with van der Waals surface area (Å²) in [5.74, 6) is 0.230. The van der Waals surface area contributed by atoms with E-state index in [1.807, 2.05) is 39.8 Å². The van der Waals surface area contributed by atoms with E-state index in [0.717, 1.165) is 5.46 Å². The SMILES string of the molecule is CCOC(=O)C(C)Oc1ccc(B2OC(C)(C)C(C)(C)O2)cc1. The number of rotatable bonds is 5. The topological polar surface area (TPSA) is 54.0 Å². The highest BCUT2D eigenvalue weighted by Gasteiger charge is 2.51. The summed E-state index contributed by atoms with van der Waals surface area (Å²) < 4.78 is 22.5. The maximum atomic E-state index is 11.6. The van der Waals surface area contributed by atoms with E-state index in [2.05, 4.69) is 0 Å². The van der Waals surface area contributed by atoms with Gasteiger partial charge in [0.2, 0.25) is 0 Å². The predicted octanol–water partition coefficient (Wildman–Crippen LogP) is 2.32. The van der Waals surface area contributed by atoms with Crippen molar-refractivity contribution in [3.63, 3.8) is 0 Å². The number of esters is 1. The molecule has 0 radical (unpaired) electrons. The molecule has 1 atom stereocenters. The van der Waals surface area contributed by atoms with Crippen LogP contribution in [0.2, 0.25) is 0 Å². The van der Waals surface area contributed by atoms with E-state index in [1.165, 1.54) is 0 Å². The summed E-state index contributed by atoms with van der Waals surface area (Å²) in [6.07, 6.45) is -0.641. The lowest BCUT2D eigenvalue weighted by atomic mass is 9.79. The van der Waals surface area contributed by atoms with Crippen LogP contribution in [0.15, 0.2) is 24.3 Å². The summed E-state index contributed by atoms with van der Waals surface area (Å²) in [7, 11) is -0.406. The van der Waals surface area contributed by atoms with Gasteiger partial charge in [-0.3, -0.25) is 0 Å². The van der Waals surface area contributed by atoms with Gasteiger partial charge >= 0.3 is 13.1 Å². The third-order valence-electron chi connectivity index (χ3n) is 4.34. The van der Waals surface area contributed by atoms with Crippen molar-refractivity contribution >= 4 is 18.6 Å². The van der Waals surface area contributed by atoms with Crippen molar-refractivity contribution < 1.29 is 23.6 Å². The minimum atomic E-state index is -0.641. The fourth-order valence-corrected chi connectivity index (χ4v) is 2.19. The zero-order chi connectivity index (χ0) is 17.3. The van der Waals surface area contributed by atoms with Crippen LogP contribution in [0, 0.1) is 0 Å². The standard InChI is InChI=1S/C17H25BO5/c1-7-20-15(19)12(2)21-14-10-8-13(9-11-14)18-22-16(3,4)17(5,6)23-18/h8-12H,7H2,1-6H3. The fourth-order valence-electron chi connectivity index (χ4n) is 2.19. The zero-order valence-electron chi connectivity index (χ0n) is 14.7. The van der Waals surface area contributed by atoms with Gasteiger partial charge in [-0.05, 0) is 59.1 Å². The van der Waals surface area contributed by atoms with Gasteiger partial charge in [0.05, 0.1) is 17.8 Å². The highest BCUT2D eigenvalue weighted by molar-refractivity contribution is 6.62. The average molecular weight is 320 g/mol. The first-order valence-electron chi connectivity index (χ1n) is 7.95. The Balaban J connectivity index is 2.02. The van der Waals surface area contributed by atoms with Gasteiger partial charge in [0.25, 0.3) is 0 Å². The average Bonchev–Trinajstić information content (AvgIpc) is 2.68. The molecule has 126 valence electrons. The molecule has 1 saturated heterocycles. The lowest BCUT2D eigenvalue weighted by Gasteiger charge is -2.32. The molecule has 0 spiro atoms. The highest BCUT2D eigenvalue weighted by atomic mass is 16.7. The molecule has 1 heterocycles. The number of hydrogen-bond acceptors (Lipinski definition) is 5. The molecule has 0 aromatic heterocycles. The molecule has 5 nitrogen and oxygen atoms in total. The summed E-state index contributed by atoms with van der Waals surface area (Å²) in [5, 5.41) is 0. The molecule has 6 heteroatoms. The van der Waals surface area contributed by atoms with E-state index in [4.69, 9.17) is 18.8 Å². The van der Waals surface area contributed by atoms with Crippen LogP contribution in [0.25, 0.3) is 0 Å². The summed E-state index contributed by atoms with van der Waals surface area (Å²) in [6.45, 7) is 11.9. The molecule has 1 aromatic carbocycles. The number of benzene rings is 1. The molecule has 0 N–H and O–H groups in total. The van der Waals surface area contributed by atoms with Crippen molar-refractivity contribution in [1.82, 2.24) is 0 Å². The van der Waals surface area contributed by atoms with Crippen LogP contribution in [0.4, 0.5) is 0 Å². The molecule has 1 fully saturated rings. The summed E-state index contributed by atoms with van der Waals surface area (Å²) in [4.78, 5) is 11.6. The van der Waals surface area contributed by atoms with E-state index >= 15 is 0 Å². The first-order valence-corrected chi connectivity index (χ1v) is 7.95. The smallest absolute Gasteiger partial charge is 0.479 e. The second kappa shape index (κ2) is 6.53. The number of carbonyl (C=O) groups excluding carboxylic acids is 1. The minimum Gasteiger partial charge on any atom is -0.479 e. The van der Waals surface area contributed by atoms with Crippen LogP contribution in [0.3, 0.4) is 0 Å². The van der Waals surface area contributed by atoms with Crippen LogP contribution in [-0.4, -0.2) is 37.0 Å². The molecular formula is C17H25BO5. The third-order valence-corrected chi connectivity index (χ3v) is 4.34. The van der Waals surface area contributed by atoms with Gasteiger partial charge < -0.3 is 18.8 Å². The molecule has 1 aliphatic rings. The summed E-state index contributed by atoms with van der Waals surface area (Å²) >= 11 is 0. The van der Waals surface area contributed by atoms with Gasteiger partial charge in [0.15, 0.2) is 6.10 Å². The Morgan fingerprint density at radius 2 is 1.65 bits per heavy atom. The first kappa shape index (κ1) is 17.8. The Morgan fingerprint density at radius 3 is 2.13 bits per heavy atom. The monoisotopic (exact) mass is 320 g/mol. The third kappa shape index (κ3) is 3.87. The highest BCUT2D eigenvalue weighted by Crippen LogP contribution is 2.36. The molecule has 0 bridgehead atoms. The Morgan fingerprint density at radius 1 is 1.13 bits per heavy atom. The van der Waals surface area contributed by atoms with Gasteiger partial charge in [0, 0.05) is 0 Å². The van der Waals surface area contributed by atoms with Gasteiger partial charge in [-0.2, -0.15) is 0 Å². The maximum absolute atomic E-state index is 11.6. The van der Waals surface area contributed by atoms with Crippen molar-refractivity contribution in [2.24, 2.45) is 0 Å². The largest absolute Gasteiger partial charge is 0.494 e. The normalized spacial score (nSPS) is 20.2. The summed E-state index contributed by atoms with van der Waals surface area (Å²) in [5.41, 5.74) is 0.177. The molecule has 0 amide bonds. The Kier molecular flexibility index (Phi) is 5.06. The Bertz CT molecular complexity index is 537. The van der Waals surface area contributed by atoms with Gasteiger partial charge in [-0.25, -0.2) is 4.79 Å². The quantitative estimate of drug-likeness (QED) is 0.615. The van der Waals surface area contributed by atoms with Crippen molar-refractivity contribution in [1.29, 1.82) is 0 Å². The van der Waals surface area contributed by atoms with Crippen LogP contribution in [0.1, 0.15) is 41.5 Å². The summed E-state index contributed by atoms with van der Waals surface area (Å²) in [6, 6.07) is 7.37. The van der Waals surface area contributed by atoms with Crippen LogP contribution < -0.4 is 10.2 Å². The van der Waals surface area contributed by atoms with Crippen molar-refractivity contribution in [3.05, 3.63) is 24.3 Å². The van der Waals surface area contributed by atoms with E-state index in [-0.39, 0.29) is 17.2 Å². The predicted molar refractivity (Wildman–Crippen MR) is 88.9 cm³/mol. The van der Waals surface area contributed by atoms with E-state index in [9.17, 15) is 4.79 Å². The molecule has 0 saturated carbocycles. The lowest BCUT2D eigenvalue weighted by Crippen LogP contribution is -2.41. The number of hydrogen-bond donors (Lipinski definition) is 0. The second-order valence-corrected chi connectivity index (χ2v) is 6.67. The van der Waals surface area contributed by atoms with Crippen LogP contribution in [0.5, 0.6) is 5.75 Å². The first-order chi connectivity index (χ1) is 10.7. The lowest BCUT2D eigenvalue weighted by molar-refractivity contribution is -0.150. The van der Waals surface area contributed by atoms with E-state index in [1.54, 1.807) is 26.0 Å². The van der Waals surface area contributed by atoms with E-state index in [0.29, 0.717) is 12.4 Å². The number of carbonyl (C=O) groups is 1. The molecule has 1 unspecified atom stereocenters. The van der Waals surface area contributed by atoms with Gasteiger partial charge in [-0.15, -0.1) is 0 Å². The Hall–Kier alpha value is -1.53. The molecule has 23 heavy (non-hydrogen) atoms. The Labute approximate surface area is 138 Å². The van der Waals surface area contributed by atoms with Crippen molar-refractivity contribution in [2.45, 2.75) is 58.8 Å². The zero-order valence-corrected chi connectivity index (χ0v) is 14.7. The maximum Gasteiger partial charge on any atom is 0.494 e. The molecule has 1 aromatic rings. The van der Waals surface area contributed by atoms with Crippen molar-refractivity contribution in [2.75, 3.05) is 6.61 Å². The minimum absolute atomic E-state index is 0.341. The molecular weight excluding hydrogens is 295 g/mol. The van der Waals surface area contributed by atoms with Gasteiger partial charge in [-0.1, -0.05) is 12.1 Å².